The molecule has 0 amide bonds. The first-order valence-electron chi connectivity index (χ1n) is 8.21. The van der Waals surface area contributed by atoms with Crippen molar-refractivity contribution in [2.45, 2.75) is 38.5 Å². The number of benzene rings is 1. The molecule has 1 saturated carbocycles. The van der Waals surface area contributed by atoms with Crippen LogP contribution in [0.15, 0.2) is 48.7 Å². The van der Waals surface area contributed by atoms with Gasteiger partial charge in [-0.25, -0.2) is 4.39 Å². The van der Waals surface area contributed by atoms with Crippen molar-refractivity contribution in [3.05, 3.63) is 65.1 Å². The molecule has 1 heterocycles. The van der Waals surface area contributed by atoms with Gasteiger partial charge < -0.3 is 0 Å². The van der Waals surface area contributed by atoms with E-state index in [1.807, 2.05) is 12.3 Å². The maximum absolute atomic E-state index is 13.3. The quantitative estimate of drug-likeness (QED) is 0.594. The highest BCUT2D eigenvalue weighted by Crippen LogP contribution is 2.36. The van der Waals surface area contributed by atoms with Crippen LogP contribution in [0.1, 0.15) is 44.1 Å². The highest BCUT2D eigenvalue weighted by atomic mass is 35.5. The van der Waals surface area contributed by atoms with Crippen LogP contribution in [0.4, 0.5) is 4.39 Å². The number of hydrogen-bond donors (Lipinski definition) is 0. The molecule has 23 heavy (non-hydrogen) atoms. The van der Waals surface area contributed by atoms with Gasteiger partial charge >= 0.3 is 0 Å². The molecule has 3 rings (SSSR count). The second kappa shape index (κ2) is 7.27. The minimum atomic E-state index is -0.398. The Hall–Kier alpha value is -1.67. The van der Waals surface area contributed by atoms with Crippen LogP contribution in [0.5, 0.6) is 0 Å². The van der Waals surface area contributed by atoms with E-state index in [-0.39, 0.29) is 5.02 Å². The molecule has 1 nitrogen and oxygen atoms in total. The van der Waals surface area contributed by atoms with Crippen LogP contribution in [-0.2, 0) is 0 Å². The average molecular weight is 330 g/mol. The number of pyridine rings is 1. The van der Waals surface area contributed by atoms with E-state index in [1.54, 1.807) is 12.1 Å². The monoisotopic (exact) mass is 329 g/mol. The molecule has 1 fully saturated rings. The van der Waals surface area contributed by atoms with Crippen molar-refractivity contribution >= 4 is 11.6 Å². The van der Waals surface area contributed by atoms with E-state index in [0.717, 1.165) is 17.2 Å². The molecule has 0 atom stereocenters. The van der Waals surface area contributed by atoms with Gasteiger partial charge in [0, 0.05) is 11.8 Å². The summed E-state index contributed by atoms with van der Waals surface area (Å²) in [5, 5.41) is 0.135. The summed E-state index contributed by atoms with van der Waals surface area (Å²) in [6.07, 6.45) is 11.4. The van der Waals surface area contributed by atoms with E-state index >= 15 is 0 Å². The van der Waals surface area contributed by atoms with Gasteiger partial charge in [-0.1, -0.05) is 29.8 Å². The molecule has 0 N–H and O–H groups in total. The molecular formula is C20H21ClFN. The zero-order valence-electron chi connectivity index (χ0n) is 13.3. The van der Waals surface area contributed by atoms with Crippen LogP contribution in [0.2, 0.25) is 5.02 Å². The fraction of sp³-hybridized carbons (Fsp3) is 0.350. The third-order valence-electron chi connectivity index (χ3n) is 4.71. The summed E-state index contributed by atoms with van der Waals surface area (Å²) in [6.45, 7) is 2.09. The Kier molecular flexibility index (Phi) is 5.12. The summed E-state index contributed by atoms with van der Waals surface area (Å²) >= 11 is 5.85. The largest absolute Gasteiger partial charge is 0.256 e. The SMILES string of the molecule is C/C=C/[C@H]1CC[C@H](c2ccc(-c3ccc(F)c(Cl)c3)nc2)CC1. The smallest absolute Gasteiger partial charge is 0.141 e. The van der Waals surface area contributed by atoms with Gasteiger partial charge in [0.05, 0.1) is 10.7 Å². The Morgan fingerprint density at radius 1 is 1.13 bits per heavy atom. The minimum Gasteiger partial charge on any atom is -0.256 e. The maximum Gasteiger partial charge on any atom is 0.141 e. The number of rotatable bonds is 3. The zero-order chi connectivity index (χ0) is 16.2. The molecule has 1 aromatic carbocycles. The summed E-state index contributed by atoms with van der Waals surface area (Å²) in [4.78, 5) is 4.56. The van der Waals surface area contributed by atoms with Gasteiger partial charge in [0.2, 0.25) is 0 Å². The van der Waals surface area contributed by atoms with Crippen molar-refractivity contribution in [2.75, 3.05) is 0 Å². The van der Waals surface area contributed by atoms with Gasteiger partial charge in [-0.3, -0.25) is 4.98 Å². The molecule has 3 heteroatoms. The number of allylic oxidation sites excluding steroid dienone is 2. The van der Waals surface area contributed by atoms with Gasteiger partial charge in [-0.05, 0) is 74.3 Å². The molecule has 1 aliphatic carbocycles. The lowest BCUT2D eigenvalue weighted by Crippen LogP contribution is -2.11. The maximum atomic E-state index is 13.3. The van der Waals surface area contributed by atoms with Crippen molar-refractivity contribution in [2.24, 2.45) is 5.92 Å². The van der Waals surface area contributed by atoms with E-state index in [4.69, 9.17) is 11.6 Å². The standard InChI is InChI=1S/C20H21ClFN/c1-2-3-14-4-6-15(7-5-14)17-9-11-20(23-13-17)16-8-10-19(22)18(21)12-16/h2-3,8-15H,4-7H2,1H3/b3-2+/t14-,15-. The van der Waals surface area contributed by atoms with Crippen molar-refractivity contribution in [3.63, 3.8) is 0 Å². The van der Waals surface area contributed by atoms with Gasteiger partial charge in [-0.15, -0.1) is 0 Å². The lowest BCUT2D eigenvalue weighted by molar-refractivity contribution is 0.375. The van der Waals surface area contributed by atoms with Crippen molar-refractivity contribution in [1.29, 1.82) is 0 Å². The van der Waals surface area contributed by atoms with Gasteiger partial charge in [0.1, 0.15) is 5.82 Å². The van der Waals surface area contributed by atoms with Gasteiger partial charge in [-0.2, -0.15) is 0 Å². The minimum absolute atomic E-state index is 0.135. The van der Waals surface area contributed by atoms with Crippen molar-refractivity contribution < 1.29 is 4.39 Å². The zero-order valence-corrected chi connectivity index (χ0v) is 14.1. The molecule has 0 unspecified atom stereocenters. The van der Waals surface area contributed by atoms with Crippen LogP contribution >= 0.6 is 11.6 Å². The Morgan fingerprint density at radius 2 is 1.91 bits per heavy atom. The Labute approximate surface area is 142 Å². The summed E-state index contributed by atoms with van der Waals surface area (Å²) < 4.78 is 13.3. The number of aromatic nitrogens is 1. The lowest BCUT2D eigenvalue weighted by atomic mass is 9.79. The number of halogens is 2. The van der Waals surface area contributed by atoms with Crippen LogP contribution in [0, 0.1) is 11.7 Å². The third-order valence-corrected chi connectivity index (χ3v) is 5.00. The first kappa shape index (κ1) is 16.2. The fourth-order valence-electron chi connectivity index (χ4n) is 3.39. The summed E-state index contributed by atoms with van der Waals surface area (Å²) in [5.74, 6) is 0.949. The number of nitrogens with zero attached hydrogens (tertiary/aromatic N) is 1. The molecule has 1 aliphatic rings. The Bertz CT molecular complexity index is 685. The predicted octanol–water partition coefficient (Wildman–Crippen LogP) is 6.39. The highest BCUT2D eigenvalue weighted by Gasteiger charge is 2.21. The molecule has 2 aromatic rings. The molecule has 0 aliphatic heterocycles. The number of hydrogen-bond acceptors (Lipinski definition) is 1. The summed E-state index contributed by atoms with van der Waals surface area (Å²) in [6, 6.07) is 8.89. The molecule has 0 spiro atoms. The topological polar surface area (TPSA) is 12.9 Å². The van der Waals surface area contributed by atoms with Crippen LogP contribution in [0.25, 0.3) is 11.3 Å². The molecular weight excluding hydrogens is 309 g/mol. The molecule has 0 bridgehead atoms. The average Bonchev–Trinajstić information content (AvgIpc) is 2.59. The normalized spacial score (nSPS) is 21.7. The van der Waals surface area contributed by atoms with Crippen molar-refractivity contribution in [3.8, 4) is 11.3 Å². The summed E-state index contributed by atoms with van der Waals surface area (Å²) in [7, 11) is 0. The van der Waals surface area contributed by atoms with Crippen LogP contribution in [0.3, 0.4) is 0 Å². The van der Waals surface area contributed by atoms with Crippen molar-refractivity contribution in [1.82, 2.24) is 4.98 Å². The molecule has 1 aromatic heterocycles. The fourth-order valence-corrected chi connectivity index (χ4v) is 3.57. The highest BCUT2D eigenvalue weighted by molar-refractivity contribution is 6.31. The molecule has 120 valence electrons. The molecule has 0 radical (unpaired) electrons. The Morgan fingerprint density at radius 3 is 2.52 bits per heavy atom. The Balaban J connectivity index is 1.71. The van der Waals surface area contributed by atoms with E-state index < -0.39 is 5.82 Å². The van der Waals surface area contributed by atoms with E-state index in [9.17, 15) is 4.39 Å². The first-order valence-corrected chi connectivity index (χ1v) is 8.59. The second-order valence-electron chi connectivity index (χ2n) is 6.24. The first-order chi connectivity index (χ1) is 11.2. The van der Waals surface area contributed by atoms with E-state index in [2.05, 4.69) is 30.1 Å². The lowest BCUT2D eigenvalue weighted by Gasteiger charge is -2.26. The van der Waals surface area contributed by atoms with E-state index in [1.165, 1.54) is 37.3 Å². The van der Waals surface area contributed by atoms with Gasteiger partial charge in [0.25, 0.3) is 0 Å². The van der Waals surface area contributed by atoms with Gasteiger partial charge in [0.15, 0.2) is 0 Å². The third kappa shape index (κ3) is 3.81. The predicted molar refractivity (Wildman–Crippen MR) is 94.2 cm³/mol. The van der Waals surface area contributed by atoms with Crippen LogP contribution < -0.4 is 0 Å². The van der Waals surface area contributed by atoms with Crippen LogP contribution in [-0.4, -0.2) is 4.98 Å². The summed E-state index contributed by atoms with van der Waals surface area (Å²) in [5.41, 5.74) is 2.99. The molecule has 0 saturated heterocycles. The second-order valence-corrected chi connectivity index (χ2v) is 6.65. The van der Waals surface area contributed by atoms with E-state index in [0.29, 0.717) is 5.92 Å².